The lowest BCUT2D eigenvalue weighted by Crippen LogP contribution is -2.48. The van der Waals surface area contributed by atoms with E-state index in [1.807, 2.05) is 32.0 Å². The first-order valence-electron chi connectivity index (χ1n) is 9.78. The van der Waals surface area contributed by atoms with Crippen LogP contribution in [0.2, 0.25) is 5.02 Å². The van der Waals surface area contributed by atoms with E-state index in [1.165, 1.54) is 0 Å². The zero-order valence-electron chi connectivity index (χ0n) is 16.9. The average molecular weight is 525 g/mol. The summed E-state index contributed by atoms with van der Waals surface area (Å²) >= 11 is 6.20. The SMILES string of the molecule is CCNC(=NCC(C)(O)CN1CCOCC1)NCCCc1ccccc1Cl.I. The number of morpholine rings is 1. The molecule has 0 amide bonds. The van der Waals surface area contributed by atoms with Crippen molar-refractivity contribution in [2.75, 3.05) is 52.5 Å². The van der Waals surface area contributed by atoms with Gasteiger partial charge in [0.25, 0.3) is 0 Å². The Balaban J connectivity index is 0.00000392. The number of β-amino-alcohol motifs (C(OH)–C–C–N with tert-alkyl or cyclic N) is 1. The molecule has 1 saturated heterocycles. The number of hydrogen-bond donors (Lipinski definition) is 3. The van der Waals surface area contributed by atoms with Crippen LogP contribution in [0.15, 0.2) is 29.3 Å². The highest BCUT2D eigenvalue weighted by Gasteiger charge is 2.25. The number of benzene rings is 1. The fraction of sp³-hybridized carbons (Fsp3) is 0.650. The Labute approximate surface area is 191 Å². The van der Waals surface area contributed by atoms with Gasteiger partial charge in [0.2, 0.25) is 0 Å². The highest BCUT2D eigenvalue weighted by Crippen LogP contribution is 2.16. The molecule has 1 aliphatic heterocycles. The van der Waals surface area contributed by atoms with Gasteiger partial charge in [-0.3, -0.25) is 9.89 Å². The summed E-state index contributed by atoms with van der Waals surface area (Å²) in [5.74, 6) is 0.735. The number of rotatable bonds is 9. The molecule has 1 aromatic carbocycles. The van der Waals surface area contributed by atoms with Crippen molar-refractivity contribution >= 4 is 41.5 Å². The number of nitrogens with zero attached hydrogens (tertiary/aromatic N) is 2. The van der Waals surface area contributed by atoms with Gasteiger partial charge in [-0.15, -0.1) is 24.0 Å². The van der Waals surface area contributed by atoms with Crippen molar-refractivity contribution in [3.63, 3.8) is 0 Å². The van der Waals surface area contributed by atoms with Gasteiger partial charge in [-0.2, -0.15) is 0 Å². The molecule has 0 spiro atoms. The first-order chi connectivity index (χ1) is 13.0. The molecule has 0 aliphatic carbocycles. The summed E-state index contributed by atoms with van der Waals surface area (Å²) in [7, 11) is 0. The standard InChI is InChI=1S/C20H33ClN4O2.HI/c1-3-22-19(23-10-6-8-17-7-4-5-9-18(17)21)24-15-20(2,26)16-25-11-13-27-14-12-25;/h4-5,7,9,26H,3,6,8,10-16H2,1-2H3,(H2,22,23,24);1H. The van der Waals surface area contributed by atoms with Gasteiger partial charge in [-0.1, -0.05) is 29.8 Å². The zero-order chi connectivity index (χ0) is 19.5. The molecule has 3 N–H and O–H groups in total. The van der Waals surface area contributed by atoms with E-state index in [1.54, 1.807) is 0 Å². The fourth-order valence-corrected chi connectivity index (χ4v) is 3.30. The van der Waals surface area contributed by atoms with Crippen molar-refractivity contribution in [1.82, 2.24) is 15.5 Å². The minimum absolute atomic E-state index is 0. The lowest BCUT2D eigenvalue weighted by atomic mass is 10.1. The van der Waals surface area contributed by atoms with Crippen LogP contribution in [-0.4, -0.2) is 74.0 Å². The van der Waals surface area contributed by atoms with Gasteiger partial charge < -0.3 is 20.5 Å². The van der Waals surface area contributed by atoms with E-state index in [-0.39, 0.29) is 24.0 Å². The maximum atomic E-state index is 10.7. The number of halogens is 2. The number of ether oxygens (including phenoxy) is 1. The van der Waals surface area contributed by atoms with Gasteiger partial charge in [0.1, 0.15) is 0 Å². The molecular weight excluding hydrogens is 491 g/mol. The predicted molar refractivity (Wildman–Crippen MR) is 127 cm³/mol. The largest absolute Gasteiger partial charge is 0.387 e. The molecule has 0 bridgehead atoms. The second-order valence-corrected chi connectivity index (χ2v) is 7.61. The van der Waals surface area contributed by atoms with Crippen molar-refractivity contribution in [2.45, 2.75) is 32.3 Å². The molecule has 1 heterocycles. The number of hydrogen-bond acceptors (Lipinski definition) is 4. The Bertz CT molecular complexity index is 595. The van der Waals surface area contributed by atoms with E-state index >= 15 is 0 Å². The van der Waals surface area contributed by atoms with Crippen LogP contribution >= 0.6 is 35.6 Å². The zero-order valence-corrected chi connectivity index (χ0v) is 20.0. The topological polar surface area (TPSA) is 69.1 Å². The van der Waals surface area contributed by atoms with Crippen LogP contribution in [0.5, 0.6) is 0 Å². The summed E-state index contributed by atoms with van der Waals surface area (Å²) in [6, 6.07) is 7.94. The fourth-order valence-electron chi connectivity index (χ4n) is 3.07. The van der Waals surface area contributed by atoms with Gasteiger partial charge >= 0.3 is 0 Å². The molecule has 2 rings (SSSR count). The van der Waals surface area contributed by atoms with Crippen LogP contribution in [0.4, 0.5) is 0 Å². The first-order valence-corrected chi connectivity index (χ1v) is 10.2. The Morgan fingerprint density at radius 2 is 2.00 bits per heavy atom. The van der Waals surface area contributed by atoms with Gasteiger partial charge in [0.15, 0.2) is 5.96 Å². The molecule has 0 saturated carbocycles. The van der Waals surface area contributed by atoms with Crippen LogP contribution in [0.3, 0.4) is 0 Å². The third-order valence-corrected chi connectivity index (χ3v) is 4.83. The first kappa shape index (κ1) is 25.4. The van der Waals surface area contributed by atoms with Crippen molar-refractivity contribution in [2.24, 2.45) is 4.99 Å². The summed E-state index contributed by atoms with van der Waals surface area (Å²) in [6.07, 6.45) is 1.87. The van der Waals surface area contributed by atoms with Crippen LogP contribution in [0.25, 0.3) is 0 Å². The number of aliphatic hydroxyl groups is 1. The molecule has 1 aliphatic rings. The summed E-state index contributed by atoms with van der Waals surface area (Å²) in [4.78, 5) is 6.80. The summed E-state index contributed by atoms with van der Waals surface area (Å²) in [6.45, 7) is 9.59. The maximum absolute atomic E-state index is 10.7. The Hall–Kier alpha value is -0.610. The number of aliphatic imine (C=N–C) groups is 1. The quantitative estimate of drug-likeness (QED) is 0.200. The van der Waals surface area contributed by atoms with Crippen molar-refractivity contribution < 1.29 is 9.84 Å². The van der Waals surface area contributed by atoms with Crippen molar-refractivity contribution in [3.05, 3.63) is 34.9 Å². The third-order valence-electron chi connectivity index (χ3n) is 4.46. The monoisotopic (exact) mass is 524 g/mol. The molecule has 6 nitrogen and oxygen atoms in total. The smallest absolute Gasteiger partial charge is 0.191 e. The third kappa shape index (κ3) is 9.73. The van der Waals surface area contributed by atoms with Crippen molar-refractivity contribution in [3.8, 4) is 0 Å². The second kappa shape index (κ2) is 13.6. The van der Waals surface area contributed by atoms with Gasteiger partial charge in [0, 0.05) is 37.7 Å². The lowest BCUT2D eigenvalue weighted by Gasteiger charge is -2.33. The minimum Gasteiger partial charge on any atom is -0.387 e. The highest BCUT2D eigenvalue weighted by molar-refractivity contribution is 14.0. The van der Waals surface area contributed by atoms with Crippen LogP contribution in [0, 0.1) is 0 Å². The normalized spacial score (nSPS) is 17.5. The Kier molecular flexibility index (Phi) is 12.3. The van der Waals surface area contributed by atoms with Gasteiger partial charge in [-0.25, -0.2) is 0 Å². The molecule has 1 fully saturated rings. The molecule has 0 aromatic heterocycles. The number of guanidine groups is 1. The predicted octanol–water partition coefficient (Wildman–Crippen LogP) is 2.53. The van der Waals surface area contributed by atoms with Crippen LogP contribution < -0.4 is 10.6 Å². The van der Waals surface area contributed by atoms with E-state index in [4.69, 9.17) is 16.3 Å². The van der Waals surface area contributed by atoms with E-state index < -0.39 is 5.60 Å². The Morgan fingerprint density at radius 1 is 1.29 bits per heavy atom. The van der Waals surface area contributed by atoms with Gasteiger partial charge in [0.05, 0.1) is 25.4 Å². The lowest BCUT2D eigenvalue weighted by molar-refractivity contribution is -0.0179. The summed E-state index contributed by atoms with van der Waals surface area (Å²) in [5, 5.41) is 18.1. The van der Waals surface area contributed by atoms with Gasteiger partial charge in [-0.05, 0) is 38.3 Å². The molecule has 1 atom stereocenters. The maximum Gasteiger partial charge on any atom is 0.191 e. The highest BCUT2D eigenvalue weighted by atomic mass is 127. The molecule has 1 aromatic rings. The van der Waals surface area contributed by atoms with Crippen molar-refractivity contribution in [1.29, 1.82) is 0 Å². The molecule has 28 heavy (non-hydrogen) atoms. The minimum atomic E-state index is -0.864. The summed E-state index contributed by atoms with van der Waals surface area (Å²) in [5.41, 5.74) is 0.299. The van der Waals surface area contributed by atoms with Crippen LogP contribution in [-0.2, 0) is 11.2 Å². The Morgan fingerprint density at radius 3 is 2.68 bits per heavy atom. The van der Waals surface area contributed by atoms with E-state index in [0.717, 1.165) is 68.8 Å². The molecule has 8 heteroatoms. The molecule has 160 valence electrons. The average Bonchev–Trinajstić information content (AvgIpc) is 2.65. The molecule has 1 unspecified atom stereocenters. The van der Waals surface area contributed by atoms with Crippen LogP contribution in [0.1, 0.15) is 25.8 Å². The van der Waals surface area contributed by atoms with E-state index in [2.05, 4.69) is 26.6 Å². The van der Waals surface area contributed by atoms with E-state index in [0.29, 0.717) is 13.1 Å². The molecule has 0 radical (unpaired) electrons. The molecular formula is C20H34ClIN4O2. The number of nitrogens with one attached hydrogen (secondary N) is 2. The second-order valence-electron chi connectivity index (χ2n) is 7.20. The number of aryl methyl sites for hydroxylation is 1. The van der Waals surface area contributed by atoms with E-state index in [9.17, 15) is 5.11 Å². The summed E-state index contributed by atoms with van der Waals surface area (Å²) < 4.78 is 5.36.